The van der Waals surface area contributed by atoms with E-state index in [0.29, 0.717) is 17.0 Å². The summed E-state index contributed by atoms with van der Waals surface area (Å²) in [7, 11) is 1.53. The van der Waals surface area contributed by atoms with Gasteiger partial charge in [0, 0.05) is 34.6 Å². The highest BCUT2D eigenvalue weighted by Gasteiger charge is 2.15. The van der Waals surface area contributed by atoms with Crippen molar-refractivity contribution >= 4 is 18.1 Å². The Morgan fingerprint density at radius 2 is 2.19 bits per heavy atom. The van der Waals surface area contributed by atoms with Gasteiger partial charge in [0.25, 0.3) is 0 Å². The number of rotatable bonds is 6. The molecule has 0 fully saturated rings. The normalized spacial score (nSPS) is 10.3. The number of H-pyrrole nitrogens is 1. The molecule has 0 saturated heterocycles. The van der Waals surface area contributed by atoms with Gasteiger partial charge in [-0.1, -0.05) is 18.2 Å². The summed E-state index contributed by atoms with van der Waals surface area (Å²) in [5, 5.41) is 16.8. The van der Waals surface area contributed by atoms with E-state index in [1.807, 2.05) is 0 Å². The Bertz CT molecular complexity index is 943. The van der Waals surface area contributed by atoms with Crippen molar-refractivity contribution in [2.24, 2.45) is 0 Å². The number of methoxy groups -OCH3 is 1. The summed E-state index contributed by atoms with van der Waals surface area (Å²) in [6, 6.07) is 10.8. The number of anilines is 1. The molecule has 1 heterocycles. The van der Waals surface area contributed by atoms with E-state index < -0.39 is 11.8 Å². The van der Waals surface area contributed by atoms with Crippen LogP contribution in [0.4, 0.5) is 14.9 Å². The predicted molar refractivity (Wildman–Crippen MR) is 100 cm³/mol. The van der Waals surface area contributed by atoms with Crippen molar-refractivity contribution in [1.29, 1.82) is 5.41 Å². The average molecular weight is 367 g/mol. The van der Waals surface area contributed by atoms with Gasteiger partial charge in [0.1, 0.15) is 11.6 Å². The molecule has 0 spiro atoms. The summed E-state index contributed by atoms with van der Waals surface area (Å²) in [6.45, 7) is -0.0494. The van der Waals surface area contributed by atoms with Crippen LogP contribution < -0.4 is 10.1 Å². The molecule has 0 radical (unpaired) electrons. The summed E-state index contributed by atoms with van der Waals surface area (Å²) >= 11 is 0. The number of amides is 2. The van der Waals surface area contributed by atoms with E-state index in [0.717, 1.165) is 22.4 Å². The number of urea groups is 1. The fraction of sp³-hybridized carbons (Fsp3) is 0.105. The number of carbonyl (C=O) groups excluding carboxylic acids is 1. The summed E-state index contributed by atoms with van der Waals surface area (Å²) in [5.41, 5.74) is 2.48. The molecule has 0 unspecified atom stereocenters. The third-order valence-electron chi connectivity index (χ3n) is 3.98. The largest absolute Gasteiger partial charge is 0.496 e. The Kier molecular flexibility index (Phi) is 5.46. The lowest BCUT2D eigenvalue weighted by molar-refractivity contribution is 0.233. The number of carbonyl (C=O) groups is 1. The quantitative estimate of drug-likeness (QED) is 0.456. The zero-order valence-corrected chi connectivity index (χ0v) is 14.6. The highest BCUT2D eigenvalue weighted by Crippen LogP contribution is 2.31. The molecule has 138 valence electrons. The smallest absolute Gasteiger partial charge is 0.327 e. The first-order valence-electron chi connectivity index (χ1n) is 8.11. The Labute approximate surface area is 155 Å². The molecule has 0 saturated carbocycles. The summed E-state index contributed by atoms with van der Waals surface area (Å²) in [4.78, 5) is 13.5. The maximum absolute atomic E-state index is 13.8. The van der Waals surface area contributed by atoms with Gasteiger partial charge in [-0.05, 0) is 18.2 Å². The number of aromatic nitrogens is 2. The fourth-order valence-electron chi connectivity index (χ4n) is 2.59. The van der Waals surface area contributed by atoms with Crippen molar-refractivity contribution < 1.29 is 13.9 Å². The minimum Gasteiger partial charge on any atom is -0.496 e. The van der Waals surface area contributed by atoms with Crippen LogP contribution in [0.2, 0.25) is 0 Å². The standard InChI is InChI=1S/C19H18FN5O2/c1-27-18-8-15(6-7-16(18)14-9-22-23-10-14)24-19(26)25(12-21)11-13-4-2-3-5-17(13)20/h2-10,12,21H,11H2,1H3,(H,22,23)(H,24,26). The molecule has 0 atom stereocenters. The van der Waals surface area contributed by atoms with E-state index in [-0.39, 0.29) is 6.54 Å². The second kappa shape index (κ2) is 8.13. The highest BCUT2D eigenvalue weighted by molar-refractivity contribution is 5.96. The molecule has 3 N–H and O–H groups in total. The van der Waals surface area contributed by atoms with Crippen molar-refractivity contribution in [3.05, 3.63) is 66.2 Å². The zero-order chi connectivity index (χ0) is 19.2. The van der Waals surface area contributed by atoms with E-state index >= 15 is 0 Å². The van der Waals surface area contributed by atoms with Crippen molar-refractivity contribution in [2.45, 2.75) is 6.54 Å². The lowest BCUT2D eigenvalue weighted by atomic mass is 10.1. The number of aromatic amines is 1. The van der Waals surface area contributed by atoms with Crippen LogP contribution in [0.25, 0.3) is 11.1 Å². The van der Waals surface area contributed by atoms with E-state index in [2.05, 4.69) is 15.5 Å². The van der Waals surface area contributed by atoms with Gasteiger partial charge >= 0.3 is 6.03 Å². The highest BCUT2D eigenvalue weighted by atomic mass is 19.1. The molecule has 1 aromatic heterocycles. The van der Waals surface area contributed by atoms with Crippen LogP contribution in [0.5, 0.6) is 5.75 Å². The third-order valence-corrected chi connectivity index (χ3v) is 3.98. The van der Waals surface area contributed by atoms with E-state index in [4.69, 9.17) is 10.1 Å². The predicted octanol–water partition coefficient (Wildman–Crippen LogP) is 3.87. The fourth-order valence-corrected chi connectivity index (χ4v) is 2.59. The minimum atomic E-state index is -0.550. The first kappa shape index (κ1) is 18.1. The van der Waals surface area contributed by atoms with Crippen molar-refractivity contribution in [3.63, 3.8) is 0 Å². The van der Waals surface area contributed by atoms with Crippen LogP contribution in [0, 0.1) is 11.2 Å². The number of nitrogens with one attached hydrogen (secondary N) is 3. The molecular weight excluding hydrogens is 349 g/mol. The Morgan fingerprint density at radius 1 is 1.37 bits per heavy atom. The lowest BCUT2D eigenvalue weighted by Gasteiger charge is -2.19. The maximum Gasteiger partial charge on any atom is 0.327 e. The van der Waals surface area contributed by atoms with Gasteiger partial charge in [0.05, 0.1) is 26.2 Å². The first-order chi connectivity index (χ1) is 13.1. The Hall–Kier alpha value is -3.68. The summed E-state index contributed by atoms with van der Waals surface area (Å²) in [5.74, 6) is 0.132. The first-order valence-corrected chi connectivity index (χ1v) is 8.11. The van der Waals surface area contributed by atoms with E-state index in [1.165, 1.54) is 13.2 Å². The minimum absolute atomic E-state index is 0.0494. The van der Waals surface area contributed by atoms with Crippen LogP contribution in [0.1, 0.15) is 5.56 Å². The molecule has 2 aromatic carbocycles. The van der Waals surface area contributed by atoms with Crippen molar-refractivity contribution in [1.82, 2.24) is 15.1 Å². The van der Waals surface area contributed by atoms with Crippen LogP contribution in [0.3, 0.4) is 0 Å². The summed E-state index contributed by atoms with van der Waals surface area (Å²) < 4.78 is 19.2. The second-order valence-electron chi connectivity index (χ2n) is 5.68. The zero-order valence-electron chi connectivity index (χ0n) is 14.6. The lowest BCUT2D eigenvalue weighted by Crippen LogP contribution is -2.33. The molecule has 0 aliphatic heterocycles. The monoisotopic (exact) mass is 367 g/mol. The molecule has 0 aliphatic carbocycles. The maximum atomic E-state index is 13.8. The van der Waals surface area contributed by atoms with Crippen LogP contribution in [-0.2, 0) is 6.54 Å². The third kappa shape index (κ3) is 4.12. The van der Waals surface area contributed by atoms with Gasteiger partial charge in [-0.15, -0.1) is 0 Å². The van der Waals surface area contributed by atoms with E-state index in [1.54, 1.807) is 48.8 Å². The Morgan fingerprint density at radius 3 is 2.85 bits per heavy atom. The number of nitrogens with zero attached hydrogens (tertiary/aromatic N) is 2. The molecule has 3 rings (SSSR count). The molecule has 0 bridgehead atoms. The molecule has 3 aromatic rings. The van der Waals surface area contributed by atoms with Crippen molar-refractivity contribution in [2.75, 3.05) is 12.4 Å². The van der Waals surface area contributed by atoms with Gasteiger partial charge in [0.2, 0.25) is 0 Å². The molecule has 0 aliphatic rings. The van der Waals surface area contributed by atoms with Crippen LogP contribution in [-0.4, -0.2) is 34.6 Å². The van der Waals surface area contributed by atoms with E-state index in [9.17, 15) is 9.18 Å². The van der Waals surface area contributed by atoms with Gasteiger partial charge in [-0.3, -0.25) is 15.4 Å². The summed E-state index contributed by atoms with van der Waals surface area (Å²) in [6.07, 6.45) is 4.27. The SMILES string of the molecule is COc1cc(NC(=O)N(C=N)Cc2ccccc2F)ccc1-c1cn[nH]c1. The van der Waals surface area contributed by atoms with Crippen LogP contribution >= 0.6 is 0 Å². The van der Waals surface area contributed by atoms with Gasteiger partial charge in [0.15, 0.2) is 0 Å². The Balaban J connectivity index is 1.76. The molecular formula is C19H18FN5O2. The molecule has 8 heteroatoms. The number of hydrogen-bond acceptors (Lipinski definition) is 4. The van der Waals surface area contributed by atoms with Gasteiger partial charge < -0.3 is 10.1 Å². The topological polar surface area (TPSA) is 94.1 Å². The second-order valence-corrected chi connectivity index (χ2v) is 5.68. The average Bonchev–Trinajstić information content (AvgIpc) is 3.21. The number of halogens is 1. The number of benzene rings is 2. The van der Waals surface area contributed by atoms with Gasteiger partial charge in [-0.2, -0.15) is 5.10 Å². The van der Waals surface area contributed by atoms with Gasteiger partial charge in [-0.25, -0.2) is 9.18 Å². The molecule has 7 nitrogen and oxygen atoms in total. The molecule has 2 amide bonds. The molecule has 27 heavy (non-hydrogen) atoms. The number of ether oxygens (including phenoxy) is 1. The van der Waals surface area contributed by atoms with Crippen molar-refractivity contribution in [3.8, 4) is 16.9 Å². The van der Waals surface area contributed by atoms with Crippen LogP contribution in [0.15, 0.2) is 54.9 Å². The number of hydrogen-bond donors (Lipinski definition) is 3.